The first-order chi connectivity index (χ1) is 35.7. The van der Waals surface area contributed by atoms with Gasteiger partial charge < -0.3 is 49.1 Å². The van der Waals surface area contributed by atoms with Gasteiger partial charge in [-0.2, -0.15) is 0 Å². The Hall–Kier alpha value is -6.64. The Morgan fingerprint density at radius 3 is 1.39 bits per heavy atom. The number of rotatable bonds is 4. The third-order valence-corrected chi connectivity index (χ3v) is 21.8. The van der Waals surface area contributed by atoms with Gasteiger partial charge in [0.25, 0.3) is 23.6 Å². The van der Waals surface area contributed by atoms with E-state index in [0.29, 0.717) is 93.2 Å². The van der Waals surface area contributed by atoms with Crippen molar-refractivity contribution in [3.63, 3.8) is 0 Å². The summed E-state index contributed by atoms with van der Waals surface area (Å²) in [4.78, 5) is 59.6. The monoisotopic (exact) mass is 1060 g/mol. The number of hydrogen-bond donors (Lipinski definition) is 9. The Bertz CT molecular complexity index is 4230. The number of aliphatic hydroxyl groups is 5. The SMILES string of the molecule is CC(C)(C)[Si](C)(C)O[C@H]1CC(n2c3cc(Cl)ccc3c3c4c(c5c6ccccc6[nH]c5c32)C(=O)NC4=O)[C@H](O)[C@@H]1O.O=C1NC(=O)c2c1c1c3ccccc3[nH]c1c1c2c2ccc(Cl)cc2n1C1C[C@H](O)[C@@H](O)[C@H]1O. The lowest BCUT2D eigenvalue weighted by molar-refractivity contribution is -0.0241. The first-order valence-corrected chi connectivity index (χ1v) is 28.5. The number of benzene rings is 6. The molecule has 9 N–H and O–H groups in total. The fourth-order valence-corrected chi connectivity index (χ4v) is 14.1. The molecule has 16 nitrogen and oxygen atoms in total. The van der Waals surface area contributed by atoms with Gasteiger partial charge in [0.1, 0.15) is 24.4 Å². The minimum Gasteiger partial charge on any atom is -0.411 e. The second-order valence-corrected chi connectivity index (χ2v) is 27.6. The summed E-state index contributed by atoms with van der Waals surface area (Å²) in [6, 6.07) is 24.6. The van der Waals surface area contributed by atoms with Crippen LogP contribution in [0.25, 0.3) is 87.2 Å². The van der Waals surface area contributed by atoms with Crippen LogP contribution in [0.3, 0.4) is 0 Å². The number of H-pyrrole nitrogens is 2. The summed E-state index contributed by atoms with van der Waals surface area (Å²) in [5, 5.41) is 65.7. The molecular formula is C56H50Cl2N6O10Si. The third-order valence-electron chi connectivity index (χ3n) is 16.8. The van der Waals surface area contributed by atoms with E-state index in [0.717, 1.165) is 27.2 Å². The van der Waals surface area contributed by atoms with E-state index >= 15 is 0 Å². The molecule has 6 aromatic carbocycles. The standard InChI is InChI=1S/C31H32ClN3O5Si.C25H18ClN3O5/c1-31(2,3)41(4,5)40-20-13-19(27(36)28(20)37)35-18-12-14(32)10-11-16(18)22-24-23(29(38)34-30(24)39)21-15-8-6-7-9-17(15)33-25(21)26(22)35;26-9-5-6-11-13(7-9)29(14-8-15(30)23(32)22(14)31)21-17(11)19-18(24(33)28-25(19)34)16-10-3-1-2-4-12(10)27-20(16)21/h6-12,19-20,27-28,33,36-37H,13H2,1-5H3,(H,34,38,39);1-7,14-15,22-23,27,30-32H,8H2,(H,28,33,34)/t19?,20-,27-,28+;14?,15-,22-,23+/m00/s1. The highest BCUT2D eigenvalue weighted by atomic mass is 35.5. The lowest BCUT2D eigenvalue weighted by atomic mass is 9.96. The number of aromatic amines is 2. The number of imide groups is 2. The number of nitrogens with one attached hydrogen (secondary N) is 4. The second kappa shape index (κ2) is 16.4. The van der Waals surface area contributed by atoms with Gasteiger partial charge in [0.2, 0.25) is 0 Å². The normalized spacial score (nSPS) is 24.0. The van der Waals surface area contributed by atoms with Crippen molar-refractivity contribution in [1.29, 1.82) is 0 Å². The van der Waals surface area contributed by atoms with Crippen LogP contribution in [0.4, 0.5) is 0 Å². The quantitative estimate of drug-likeness (QED) is 0.0598. The fourth-order valence-electron chi connectivity index (χ4n) is 12.4. The molecule has 4 aliphatic rings. The summed E-state index contributed by atoms with van der Waals surface area (Å²) in [6.45, 7) is 10.7. The second-order valence-electron chi connectivity index (χ2n) is 22.0. The Balaban J connectivity index is 0.000000147. The Morgan fingerprint density at radius 1 is 0.547 bits per heavy atom. The minimum atomic E-state index is -2.27. The molecule has 382 valence electrons. The van der Waals surface area contributed by atoms with Gasteiger partial charge in [-0.3, -0.25) is 29.8 Å². The smallest absolute Gasteiger partial charge is 0.259 e. The molecule has 10 aromatic rings. The molecule has 14 rings (SSSR count). The van der Waals surface area contributed by atoms with Crippen molar-refractivity contribution in [3.05, 3.63) is 117 Å². The van der Waals surface area contributed by atoms with Crippen LogP contribution in [0.15, 0.2) is 84.9 Å². The average Bonchev–Trinajstić information content (AvgIpc) is 4.28. The van der Waals surface area contributed by atoms with E-state index in [4.69, 9.17) is 27.6 Å². The lowest BCUT2D eigenvalue weighted by Gasteiger charge is -2.39. The minimum absolute atomic E-state index is 0.0763. The summed E-state index contributed by atoms with van der Waals surface area (Å²) >= 11 is 12.9. The summed E-state index contributed by atoms with van der Waals surface area (Å²) in [5.41, 5.74) is 6.81. The molecule has 8 atom stereocenters. The van der Waals surface area contributed by atoms with E-state index < -0.39 is 80.7 Å². The molecule has 0 radical (unpaired) electrons. The molecular weight excluding hydrogens is 1020 g/mol. The molecule has 2 fully saturated rings. The van der Waals surface area contributed by atoms with Crippen molar-refractivity contribution < 1.29 is 49.1 Å². The number of aliphatic hydroxyl groups excluding tert-OH is 5. The Kier molecular flexibility index (Phi) is 10.5. The van der Waals surface area contributed by atoms with Crippen LogP contribution < -0.4 is 10.6 Å². The highest BCUT2D eigenvalue weighted by Crippen LogP contribution is 2.50. The number of carbonyl (C=O) groups excluding carboxylic acids is 4. The van der Waals surface area contributed by atoms with Gasteiger partial charge >= 0.3 is 0 Å². The topological polar surface area (TPSA) is 244 Å². The summed E-state index contributed by atoms with van der Waals surface area (Å²) in [6.07, 6.45) is -5.99. The number of hydrogen-bond acceptors (Lipinski definition) is 10. The zero-order valence-electron chi connectivity index (χ0n) is 41.0. The van der Waals surface area contributed by atoms with E-state index in [9.17, 15) is 44.7 Å². The Labute approximate surface area is 436 Å². The van der Waals surface area contributed by atoms with Crippen LogP contribution in [0, 0.1) is 0 Å². The summed E-state index contributed by atoms with van der Waals surface area (Å²) < 4.78 is 10.5. The zero-order valence-corrected chi connectivity index (χ0v) is 43.6. The Morgan fingerprint density at radius 2 is 0.960 bits per heavy atom. The van der Waals surface area contributed by atoms with E-state index in [1.165, 1.54) is 0 Å². The number of amides is 4. The molecule has 2 unspecified atom stereocenters. The number of halogens is 2. The van der Waals surface area contributed by atoms with Crippen molar-refractivity contribution in [3.8, 4) is 0 Å². The molecule has 75 heavy (non-hydrogen) atoms. The van der Waals surface area contributed by atoms with Crippen molar-refractivity contribution in [1.82, 2.24) is 29.7 Å². The van der Waals surface area contributed by atoms with Crippen LogP contribution >= 0.6 is 23.2 Å². The van der Waals surface area contributed by atoms with Gasteiger partial charge in [-0.05, 0) is 67.4 Å². The van der Waals surface area contributed by atoms with E-state index in [1.807, 2.05) is 69.8 Å². The maximum atomic E-state index is 13.4. The number of aromatic nitrogens is 4. The van der Waals surface area contributed by atoms with Gasteiger partial charge in [0.15, 0.2) is 8.32 Å². The number of carbonyl (C=O) groups is 4. The fraction of sp³-hybridized carbons (Fsp3) is 0.286. The lowest BCUT2D eigenvalue weighted by Crippen LogP contribution is -2.46. The molecule has 2 aliphatic heterocycles. The highest BCUT2D eigenvalue weighted by molar-refractivity contribution is 6.74. The first kappa shape index (κ1) is 48.0. The van der Waals surface area contributed by atoms with E-state index in [1.54, 1.807) is 24.3 Å². The molecule has 19 heteroatoms. The van der Waals surface area contributed by atoms with Gasteiger partial charge in [-0.25, -0.2) is 0 Å². The first-order valence-electron chi connectivity index (χ1n) is 24.8. The van der Waals surface area contributed by atoms with Crippen LogP contribution in [0.2, 0.25) is 28.2 Å². The summed E-state index contributed by atoms with van der Waals surface area (Å²) in [7, 11) is -2.27. The molecule has 2 aliphatic carbocycles. The van der Waals surface area contributed by atoms with Crippen molar-refractivity contribution in [2.45, 2.75) is 100 Å². The summed E-state index contributed by atoms with van der Waals surface area (Å²) in [5.74, 6) is -1.84. The van der Waals surface area contributed by atoms with E-state index in [2.05, 4.69) is 54.5 Å². The molecule has 0 spiro atoms. The molecule has 4 aromatic heterocycles. The number of fused-ring (bicyclic) bond motifs is 20. The largest absolute Gasteiger partial charge is 0.411 e. The van der Waals surface area contributed by atoms with Crippen molar-refractivity contribution in [2.75, 3.05) is 0 Å². The van der Waals surface area contributed by atoms with Gasteiger partial charge in [-0.1, -0.05) is 92.5 Å². The number of para-hydroxylation sites is 2. The molecule has 4 amide bonds. The maximum Gasteiger partial charge on any atom is 0.259 e. The average molecular weight is 1070 g/mol. The zero-order chi connectivity index (χ0) is 52.6. The predicted octanol–water partition coefficient (Wildman–Crippen LogP) is 9.02. The maximum absolute atomic E-state index is 13.4. The van der Waals surface area contributed by atoms with Crippen molar-refractivity contribution >= 4 is 142 Å². The molecule has 2 saturated carbocycles. The van der Waals surface area contributed by atoms with Gasteiger partial charge in [0.05, 0.1) is 79.6 Å². The van der Waals surface area contributed by atoms with Gasteiger partial charge in [-0.15, -0.1) is 0 Å². The highest BCUT2D eigenvalue weighted by Gasteiger charge is 2.50. The third kappa shape index (κ3) is 6.69. The van der Waals surface area contributed by atoms with Crippen molar-refractivity contribution in [2.24, 2.45) is 0 Å². The van der Waals surface area contributed by atoms with E-state index in [-0.39, 0.29) is 17.0 Å². The van der Waals surface area contributed by atoms with Crippen LogP contribution in [-0.2, 0) is 4.43 Å². The van der Waals surface area contributed by atoms with Crippen LogP contribution in [0.1, 0.15) is 87.1 Å². The van der Waals surface area contributed by atoms with Crippen LogP contribution in [-0.4, -0.2) is 113 Å². The molecule has 6 heterocycles. The predicted molar refractivity (Wildman–Crippen MR) is 291 cm³/mol. The van der Waals surface area contributed by atoms with Gasteiger partial charge in [0, 0.05) is 64.2 Å². The number of nitrogens with zero attached hydrogens (tertiary/aromatic N) is 2. The van der Waals surface area contributed by atoms with Crippen LogP contribution in [0.5, 0.6) is 0 Å². The molecule has 0 bridgehead atoms. The molecule has 0 saturated heterocycles.